The average molecular weight is 389 g/mol. The highest BCUT2D eigenvalue weighted by Crippen LogP contribution is 2.66. The van der Waals surface area contributed by atoms with Crippen molar-refractivity contribution in [1.29, 1.82) is 0 Å². The second kappa shape index (κ2) is 6.79. The summed E-state index contributed by atoms with van der Waals surface area (Å²) in [5.74, 6) is 0.600. The Bertz CT molecular complexity index is 739. The number of aliphatic hydroxyl groups excluding tert-OH is 1. The quantitative estimate of drug-likeness (QED) is 0.751. The van der Waals surface area contributed by atoms with Gasteiger partial charge in [-0.1, -0.05) is 19.4 Å². The van der Waals surface area contributed by atoms with E-state index in [0.717, 1.165) is 32.1 Å². The molecule has 4 aliphatic carbocycles. The first kappa shape index (κ1) is 19.8. The lowest BCUT2D eigenvalue weighted by Gasteiger charge is -2.59. The van der Waals surface area contributed by atoms with Gasteiger partial charge in [0.2, 0.25) is 0 Å². The molecule has 0 heterocycles. The van der Waals surface area contributed by atoms with Gasteiger partial charge in [0.15, 0.2) is 11.6 Å². The van der Waals surface area contributed by atoms with Crippen LogP contribution in [0.3, 0.4) is 0 Å². The zero-order valence-corrected chi connectivity index (χ0v) is 17.2. The Balaban J connectivity index is 1.61. The van der Waals surface area contributed by atoms with Crippen LogP contribution in [0.4, 0.5) is 0 Å². The summed E-state index contributed by atoms with van der Waals surface area (Å²) < 4.78 is 4.98. The van der Waals surface area contributed by atoms with E-state index >= 15 is 0 Å². The Labute approximate surface area is 166 Å². The van der Waals surface area contributed by atoms with E-state index < -0.39 is 12.1 Å². The van der Waals surface area contributed by atoms with Crippen LogP contribution in [0.15, 0.2) is 11.6 Å². The number of carbonyl (C=O) groups is 3. The minimum absolute atomic E-state index is 0.00304. The van der Waals surface area contributed by atoms with Crippen molar-refractivity contribution in [2.75, 3.05) is 6.61 Å². The molecular weight excluding hydrogens is 356 g/mol. The number of hydrogen-bond donors (Lipinski definition) is 1. The number of fused-ring (bicyclic) bond motifs is 5. The fourth-order valence-corrected chi connectivity index (χ4v) is 7.49. The Kier molecular flexibility index (Phi) is 4.80. The molecule has 3 fully saturated rings. The number of rotatable bonds is 3. The standard InChI is InChI=1S/C23H32O5/c1-13(24)28-12-20(27)18-7-6-17-16-5-4-14-10-15(25)8-9-22(14,2)21(16)19(26)11-23(17,18)3/h10,16-19,21,26H,4-9,11-12H2,1-3H3/t16?,17?,18-,19+,21?,22+,23+/m1/s1. The van der Waals surface area contributed by atoms with Crippen molar-refractivity contribution in [3.8, 4) is 0 Å². The highest BCUT2D eigenvalue weighted by molar-refractivity contribution is 5.91. The summed E-state index contributed by atoms with van der Waals surface area (Å²) in [5, 5.41) is 11.3. The zero-order valence-electron chi connectivity index (χ0n) is 17.2. The van der Waals surface area contributed by atoms with E-state index in [-0.39, 0.29) is 40.8 Å². The van der Waals surface area contributed by atoms with Crippen LogP contribution in [0, 0.1) is 34.5 Å². The molecule has 0 spiro atoms. The summed E-state index contributed by atoms with van der Waals surface area (Å²) in [5.41, 5.74) is 0.894. The minimum atomic E-state index is -0.463. The van der Waals surface area contributed by atoms with Crippen LogP contribution in [-0.2, 0) is 19.1 Å². The predicted molar refractivity (Wildman–Crippen MR) is 103 cm³/mol. The number of ketones is 2. The molecule has 3 unspecified atom stereocenters. The van der Waals surface area contributed by atoms with Crippen molar-refractivity contribution >= 4 is 17.5 Å². The van der Waals surface area contributed by atoms with Gasteiger partial charge in [0.1, 0.15) is 6.61 Å². The minimum Gasteiger partial charge on any atom is -0.458 e. The van der Waals surface area contributed by atoms with Crippen molar-refractivity contribution in [3.63, 3.8) is 0 Å². The van der Waals surface area contributed by atoms with Gasteiger partial charge in [0.05, 0.1) is 6.10 Å². The molecule has 7 atom stereocenters. The first-order valence-electron chi connectivity index (χ1n) is 10.7. The van der Waals surface area contributed by atoms with Crippen LogP contribution in [0.25, 0.3) is 0 Å². The highest BCUT2D eigenvalue weighted by Gasteiger charge is 2.62. The molecular formula is C23H32O5. The number of carbonyl (C=O) groups excluding carboxylic acids is 3. The summed E-state index contributed by atoms with van der Waals surface area (Å²) in [6.07, 6.45) is 7.12. The van der Waals surface area contributed by atoms with Crippen LogP contribution in [0.1, 0.15) is 65.7 Å². The summed E-state index contributed by atoms with van der Waals surface area (Å²) in [7, 11) is 0. The van der Waals surface area contributed by atoms with E-state index in [1.165, 1.54) is 12.5 Å². The Morgan fingerprint density at radius 2 is 1.96 bits per heavy atom. The van der Waals surface area contributed by atoms with Crippen molar-refractivity contribution in [3.05, 3.63) is 11.6 Å². The van der Waals surface area contributed by atoms with E-state index in [1.807, 2.05) is 6.08 Å². The number of Topliss-reactive ketones (excluding diaryl/α,β-unsaturated/α-hetero) is 1. The zero-order chi connectivity index (χ0) is 20.3. The van der Waals surface area contributed by atoms with E-state index in [4.69, 9.17) is 4.74 Å². The third-order valence-electron chi connectivity index (χ3n) is 8.70. The Morgan fingerprint density at radius 3 is 2.68 bits per heavy atom. The summed E-state index contributed by atoms with van der Waals surface area (Å²) in [6.45, 7) is 5.58. The van der Waals surface area contributed by atoms with Crippen LogP contribution in [-0.4, -0.2) is 35.4 Å². The fourth-order valence-electron chi connectivity index (χ4n) is 7.49. The molecule has 0 amide bonds. The van der Waals surface area contributed by atoms with Crippen molar-refractivity contribution < 1.29 is 24.2 Å². The molecule has 0 aromatic heterocycles. The van der Waals surface area contributed by atoms with Crippen LogP contribution >= 0.6 is 0 Å². The molecule has 154 valence electrons. The van der Waals surface area contributed by atoms with Gasteiger partial charge in [0.25, 0.3) is 0 Å². The molecule has 5 heteroatoms. The van der Waals surface area contributed by atoms with E-state index in [0.29, 0.717) is 24.7 Å². The normalized spacial score (nSPS) is 44.8. The third kappa shape index (κ3) is 2.89. The molecule has 5 nitrogen and oxygen atoms in total. The lowest BCUT2D eigenvalue weighted by molar-refractivity contribution is -0.154. The lowest BCUT2D eigenvalue weighted by atomic mass is 9.46. The van der Waals surface area contributed by atoms with Gasteiger partial charge < -0.3 is 9.84 Å². The molecule has 28 heavy (non-hydrogen) atoms. The molecule has 3 saturated carbocycles. The number of esters is 1. The lowest BCUT2D eigenvalue weighted by Crippen LogP contribution is -2.57. The molecule has 0 bridgehead atoms. The smallest absolute Gasteiger partial charge is 0.303 e. The summed E-state index contributed by atoms with van der Waals surface area (Å²) >= 11 is 0. The van der Waals surface area contributed by atoms with Crippen LogP contribution in [0.2, 0.25) is 0 Å². The number of hydrogen-bond acceptors (Lipinski definition) is 5. The largest absolute Gasteiger partial charge is 0.458 e. The first-order valence-corrected chi connectivity index (χ1v) is 10.7. The van der Waals surface area contributed by atoms with Gasteiger partial charge in [-0.25, -0.2) is 0 Å². The molecule has 0 radical (unpaired) electrons. The monoisotopic (exact) mass is 388 g/mol. The second-order valence-corrected chi connectivity index (χ2v) is 10.0. The van der Waals surface area contributed by atoms with Crippen molar-refractivity contribution in [2.24, 2.45) is 34.5 Å². The fraction of sp³-hybridized carbons (Fsp3) is 0.783. The van der Waals surface area contributed by atoms with E-state index in [1.54, 1.807) is 0 Å². The van der Waals surface area contributed by atoms with Gasteiger partial charge >= 0.3 is 5.97 Å². The van der Waals surface area contributed by atoms with Crippen molar-refractivity contribution in [2.45, 2.75) is 71.8 Å². The molecule has 0 aliphatic heterocycles. The van der Waals surface area contributed by atoms with Gasteiger partial charge in [-0.3, -0.25) is 14.4 Å². The molecule has 0 saturated heterocycles. The molecule has 4 rings (SSSR count). The molecule has 0 aromatic carbocycles. The van der Waals surface area contributed by atoms with Gasteiger partial charge in [-0.15, -0.1) is 0 Å². The van der Waals surface area contributed by atoms with E-state index in [9.17, 15) is 19.5 Å². The maximum Gasteiger partial charge on any atom is 0.303 e. The average Bonchev–Trinajstić information content (AvgIpc) is 2.96. The molecule has 4 aliphatic rings. The first-order chi connectivity index (χ1) is 13.2. The van der Waals surface area contributed by atoms with Crippen LogP contribution < -0.4 is 0 Å². The van der Waals surface area contributed by atoms with Crippen LogP contribution in [0.5, 0.6) is 0 Å². The van der Waals surface area contributed by atoms with Gasteiger partial charge in [-0.2, -0.15) is 0 Å². The summed E-state index contributed by atoms with van der Waals surface area (Å²) in [4.78, 5) is 35.9. The SMILES string of the molecule is CC(=O)OCC(=O)[C@H]1CCC2C3CCC4=CC(=O)CC[C@]4(C)C3[C@@H](O)C[C@@]21C. The highest BCUT2D eigenvalue weighted by atomic mass is 16.5. The third-order valence-corrected chi connectivity index (χ3v) is 8.70. The Hall–Kier alpha value is -1.49. The maximum atomic E-state index is 12.8. The summed E-state index contributed by atoms with van der Waals surface area (Å²) in [6, 6.07) is 0. The maximum absolute atomic E-state index is 12.8. The number of ether oxygens (including phenoxy) is 1. The number of allylic oxidation sites excluding steroid dienone is 1. The van der Waals surface area contributed by atoms with Crippen molar-refractivity contribution in [1.82, 2.24) is 0 Å². The van der Waals surface area contributed by atoms with Gasteiger partial charge in [0, 0.05) is 19.3 Å². The topological polar surface area (TPSA) is 80.7 Å². The molecule has 0 aromatic rings. The second-order valence-electron chi connectivity index (χ2n) is 10.0. The number of aliphatic hydroxyl groups is 1. The molecule has 1 N–H and O–H groups in total. The Morgan fingerprint density at radius 1 is 1.21 bits per heavy atom. The predicted octanol–water partition coefficient (Wildman–Crippen LogP) is 3.24. The van der Waals surface area contributed by atoms with Gasteiger partial charge in [-0.05, 0) is 73.2 Å². The van der Waals surface area contributed by atoms with E-state index in [2.05, 4.69) is 13.8 Å².